The molecule has 0 aliphatic heterocycles. The minimum Gasteiger partial charge on any atom is -0.478 e. The molecule has 0 aromatic heterocycles. The minimum absolute atomic E-state index is 0.149. The summed E-state index contributed by atoms with van der Waals surface area (Å²) in [5, 5.41) is 8.55. The van der Waals surface area contributed by atoms with Crippen molar-refractivity contribution < 1.29 is 14.7 Å². The van der Waals surface area contributed by atoms with Crippen LogP contribution in [0.5, 0.6) is 0 Å². The maximum Gasteiger partial charge on any atom is 0.328 e. The maximum atomic E-state index is 11.3. The number of hydrogen-bond donors (Lipinski definition) is 1. The topological polar surface area (TPSA) is 54.4 Å². The van der Waals surface area contributed by atoms with Crippen LogP contribution >= 0.6 is 0 Å². The summed E-state index contributed by atoms with van der Waals surface area (Å²) < 4.78 is 0. The highest BCUT2D eigenvalue weighted by atomic mass is 16.4. The van der Waals surface area contributed by atoms with Crippen LogP contribution in [0.25, 0.3) is 6.08 Å². The van der Waals surface area contributed by atoms with E-state index in [0.717, 1.165) is 22.8 Å². The Labute approximate surface area is 119 Å². The second-order valence-corrected chi connectivity index (χ2v) is 4.94. The molecule has 1 rings (SSSR count). The zero-order chi connectivity index (χ0) is 15.1. The van der Waals surface area contributed by atoms with E-state index in [1.54, 1.807) is 13.0 Å². The van der Waals surface area contributed by atoms with Crippen LogP contribution in [0.2, 0.25) is 0 Å². The lowest BCUT2D eigenvalue weighted by atomic mass is 9.89. The molecule has 20 heavy (non-hydrogen) atoms. The molecule has 0 unspecified atom stereocenters. The Kier molecular flexibility index (Phi) is 5.91. The van der Waals surface area contributed by atoms with Crippen molar-refractivity contribution >= 4 is 17.8 Å². The average molecular weight is 272 g/mol. The molecule has 0 amide bonds. The van der Waals surface area contributed by atoms with Crippen LogP contribution in [-0.4, -0.2) is 16.9 Å². The van der Waals surface area contributed by atoms with Crippen LogP contribution in [0.3, 0.4) is 0 Å². The quantitative estimate of drug-likeness (QED) is 0.634. The second-order valence-electron chi connectivity index (χ2n) is 4.94. The van der Waals surface area contributed by atoms with Gasteiger partial charge in [-0.2, -0.15) is 0 Å². The number of hydrogen-bond acceptors (Lipinski definition) is 2. The standard InChI is InChI=1S/C17H20O3/c1-12-7-6-9-16(13(2)11-14(3)18)15(12)8-4-5-10-17(19)20/h4-10,13H,11H2,1-3H3,(H,19,20)/b8-4+,10-5+/t13-/m1/s1. The lowest BCUT2D eigenvalue weighted by molar-refractivity contribution is -0.131. The number of carbonyl (C=O) groups is 2. The fraction of sp³-hybridized carbons (Fsp3) is 0.294. The van der Waals surface area contributed by atoms with Gasteiger partial charge in [0, 0.05) is 12.5 Å². The van der Waals surface area contributed by atoms with Gasteiger partial charge in [-0.15, -0.1) is 0 Å². The van der Waals surface area contributed by atoms with Gasteiger partial charge in [0.25, 0.3) is 0 Å². The number of Topliss-reactive ketones (excluding diaryl/α,β-unsaturated/α-hetero) is 1. The zero-order valence-electron chi connectivity index (χ0n) is 12.1. The van der Waals surface area contributed by atoms with Crippen molar-refractivity contribution in [1.82, 2.24) is 0 Å². The first-order chi connectivity index (χ1) is 9.41. The van der Waals surface area contributed by atoms with Crippen LogP contribution < -0.4 is 0 Å². The van der Waals surface area contributed by atoms with E-state index in [1.165, 1.54) is 6.08 Å². The van der Waals surface area contributed by atoms with Gasteiger partial charge >= 0.3 is 5.97 Å². The summed E-state index contributed by atoms with van der Waals surface area (Å²) in [7, 11) is 0. The van der Waals surface area contributed by atoms with Gasteiger partial charge in [0.2, 0.25) is 0 Å². The molecule has 0 aliphatic carbocycles. The third kappa shape index (κ3) is 4.84. The van der Waals surface area contributed by atoms with Gasteiger partial charge < -0.3 is 9.90 Å². The normalized spacial score (nSPS) is 12.9. The predicted molar refractivity (Wildman–Crippen MR) is 80.7 cm³/mol. The molecule has 0 saturated heterocycles. The molecular formula is C17H20O3. The van der Waals surface area contributed by atoms with Crippen LogP contribution in [0.15, 0.2) is 36.4 Å². The molecule has 1 N–H and O–H groups in total. The summed E-state index contributed by atoms with van der Waals surface area (Å²) in [6.07, 6.45) is 6.69. The average Bonchev–Trinajstić information content (AvgIpc) is 2.34. The van der Waals surface area contributed by atoms with E-state index in [-0.39, 0.29) is 11.7 Å². The van der Waals surface area contributed by atoms with E-state index in [2.05, 4.69) is 0 Å². The van der Waals surface area contributed by atoms with Gasteiger partial charge in [-0.1, -0.05) is 43.4 Å². The van der Waals surface area contributed by atoms with Crippen LogP contribution in [0.4, 0.5) is 0 Å². The molecule has 1 atom stereocenters. The number of aliphatic carboxylic acids is 1. The Bertz CT molecular complexity index is 553. The zero-order valence-corrected chi connectivity index (χ0v) is 12.1. The summed E-state index contributed by atoms with van der Waals surface area (Å²) in [5.74, 6) is -0.653. The number of rotatable bonds is 6. The fourth-order valence-electron chi connectivity index (χ4n) is 2.19. The predicted octanol–water partition coefficient (Wildman–Crippen LogP) is 3.73. The SMILES string of the molecule is CC(=O)C[C@@H](C)c1cccc(C)c1/C=C/C=C/C(=O)O. The molecule has 0 fully saturated rings. The highest BCUT2D eigenvalue weighted by Crippen LogP contribution is 2.26. The lowest BCUT2D eigenvalue weighted by Gasteiger charge is -2.15. The first-order valence-corrected chi connectivity index (χ1v) is 6.58. The number of allylic oxidation sites excluding steroid dienone is 2. The summed E-state index contributed by atoms with van der Waals surface area (Å²) in [5.41, 5.74) is 3.27. The van der Waals surface area contributed by atoms with E-state index in [9.17, 15) is 9.59 Å². The van der Waals surface area contributed by atoms with Crippen molar-refractivity contribution in [3.8, 4) is 0 Å². The highest BCUT2D eigenvalue weighted by molar-refractivity contribution is 5.80. The Morgan fingerprint density at radius 1 is 1.30 bits per heavy atom. The van der Waals surface area contributed by atoms with E-state index in [1.807, 2.05) is 38.1 Å². The Morgan fingerprint density at radius 2 is 2.00 bits per heavy atom. The van der Waals surface area contributed by atoms with Crippen LogP contribution in [-0.2, 0) is 9.59 Å². The van der Waals surface area contributed by atoms with Crippen LogP contribution in [0.1, 0.15) is 42.9 Å². The fourth-order valence-corrected chi connectivity index (χ4v) is 2.19. The first kappa shape index (κ1) is 15.9. The van der Waals surface area contributed by atoms with Gasteiger partial charge in [0.15, 0.2) is 0 Å². The number of carbonyl (C=O) groups excluding carboxylic acids is 1. The second kappa shape index (κ2) is 7.43. The summed E-state index contributed by atoms with van der Waals surface area (Å²) in [6.45, 7) is 5.63. The number of aryl methyl sites for hydroxylation is 1. The number of carboxylic acid groups (broad SMARTS) is 1. The molecule has 3 nitrogen and oxygen atoms in total. The van der Waals surface area contributed by atoms with Crippen molar-refractivity contribution in [2.45, 2.75) is 33.1 Å². The van der Waals surface area contributed by atoms with Gasteiger partial charge in [0.1, 0.15) is 5.78 Å². The minimum atomic E-state index is -0.968. The lowest BCUT2D eigenvalue weighted by Crippen LogP contribution is -2.03. The molecule has 106 valence electrons. The Morgan fingerprint density at radius 3 is 2.60 bits per heavy atom. The van der Waals surface area contributed by atoms with Gasteiger partial charge in [-0.25, -0.2) is 4.79 Å². The molecular weight excluding hydrogens is 252 g/mol. The molecule has 3 heteroatoms. The van der Waals surface area contributed by atoms with E-state index in [0.29, 0.717) is 6.42 Å². The summed E-state index contributed by atoms with van der Waals surface area (Å²) in [4.78, 5) is 21.7. The molecule has 0 saturated carbocycles. The van der Waals surface area contributed by atoms with Gasteiger partial charge in [-0.3, -0.25) is 0 Å². The van der Waals surface area contributed by atoms with Gasteiger partial charge in [-0.05, 0) is 36.5 Å². The molecule has 0 spiro atoms. The summed E-state index contributed by atoms with van der Waals surface area (Å²) >= 11 is 0. The first-order valence-electron chi connectivity index (χ1n) is 6.58. The number of ketones is 1. The molecule has 1 aromatic rings. The van der Waals surface area contributed by atoms with Crippen molar-refractivity contribution in [3.05, 3.63) is 53.1 Å². The van der Waals surface area contributed by atoms with Gasteiger partial charge in [0.05, 0.1) is 0 Å². The highest BCUT2D eigenvalue weighted by Gasteiger charge is 2.12. The van der Waals surface area contributed by atoms with E-state index < -0.39 is 5.97 Å². The molecule has 0 aliphatic rings. The van der Waals surface area contributed by atoms with E-state index >= 15 is 0 Å². The van der Waals surface area contributed by atoms with Crippen molar-refractivity contribution in [1.29, 1.82) is 0 Å². The Hall–Kier alpha value is -2.16. The molecule has 0 bridgehead atoms. The smallest absolute Gasteiger partial charge is 0.328 e. The summed E-state index contributed by atoms with van der Waals surface area (Å²) in [6, 6.07) is 6.00. The Balaban J connectivity index is 3.05. The third-order valence-corrected chi connectivity index (χ3v) is 3.10. The molecule has 1 aromatic carbocycles. The molecule has 0 radical (unpaired) electrons. The third-order valence-electron chi connectivity index (χ3n) is 3.10. The molecule has 0 heterocycles. The number of benzene rings is 1. The van der Waals surface area contributed by atoms with Crippen LogP contribution in [0, 0.1) is 6.92 Å². The van der Waals surface area contributed by atoms with Crippen molar-refractivity contribution in [3.63, 3.8) is 0 Å². The van der Waals surface area contributed by atoms with Crippen molar-refractivity contribution in [2.24, 2.45) is 0 Å². The monoisotopic (exact) mass is 272 g/mol. The number of carboxylic acids is 1. The van der Waals surface area contributed by atoms with E-state index in [4.69, 9.17) is 5.11 Å². The van der Waals surface area contributed by atoms with Crippen molar-refractivity contribution in [2.75, 3.05) is 0 Å². The maximum absolute atomic E-state index is 11.3. The largest absolute Gasteiger partial charge is 0.478 e.